The Morgan fingerprint density at radius 1 is 1.05 bits per heavy atom. The maximum absolute atomic E-state index is 13.0. The number of hydrogen-bond acceptors (Lipinski definition) is 1. The van der Waals surface area contributed by atoms with Gasteiger partial charge in [-0.25, -0.2) is 0 Å². The van der Waals surface area contributed by atoms with Crippen molar-refractivity contribution < 1.29 is 18.0 Å². The summed E-state index contributed by atoms with van der Waals surface area (Å²) in [5.74, 6) is -0.296. The van der Waals surface area contributed by atoms with Crippen molar-refractivity contribution in [2.24, 2.45) is 0 Å². The fraction of sp³-hybridized carbons (Fsp3) is 0.235. The standard InChI is InChI=1S/C17H16F3NO/c1-12-7-3-5-9-14(12)16(22)21(2)11-13-8-4-6-10-15(13)17(18,19)20/h3-10H,11H2,1-2H3. The van der Waals surface area contributed by atoms with Crippen LogP contribution in [0, 0.1) is 6.92 Å². The third kappa shape index (κ3) is 3.47. The van der Waals surface area contributed by atoms with Crippen molar-refractivity contribution in [1.82, 2.24) is 4.90 Å². The molecule has 5 heteroatoms. The van der Waals surface area contributed by atoms with Gasteiger partial charge in [-0.1, -0.05) is 36.4 Å². The van der Waals surface area contributed by atoms with Crippen molar-refractivity contribution in [3.05, 3.63) is 70.8 Å². The second-order valence-corrected chi connectivity index (χ2v) is 5.13. The summed E-state index contributed by atoms with van der Waals surface area (Å²) < 4.78 is 39.0. The first-order valence-electron chi connectivity index (χ1n) is 6.77. The Bertz CT molecular complexity index is 680. The predicted octanol–water partition coefficient (Wildman–Crippen LogP) is 4.29. The molecule has 0 saturated heterocycles. The Labute approximate surface area is 127 Å². The minimum absolute atomic E-state index is 0.0828. The van der Waals surface area contributed by atoms with Crippen LogP contribution in [0.25, 0.3) is 0 Å². The average Bonchev–Trinajstić information content (AvgIpc) is 2.46. The quantitative estimate of drug-likeness (QED) is 0.828. The van der Waals surface area contributed by atoms with Gasteiger partial charge in [-0.05, 0) is 30.2 Å². The van der Waals surface area contributed by atoms with Gasteiger partial charge in [-0.3, -0.25) is 4.79 Å². The van der Waals surface area contributed by atoms with Gasteiger partial charge in [-0.15, -0.1) is 0 Å². The highest BCUT2D eigenvalue weighted by atomic mass is 19.4. The van der Waals surface area contributed by atoms with E-state index in [9.17, 15) is 18.0 Å². The van der Waals surface area contributed by atoms with Gasteiger partial charge in [0, 0.05) is 19.2 Å². The van der Waals surface area contributed by atoms with E-state index >= 15 is 0 Å². The third-order valence-corrected chi connectivity index (χ3v) is 3.45. The van der Waals surface area contributed by atoms with Crippen molar-refractivity contribution in [3.8, 4) is 0 Å². The Morgan fingerprint density at radius 2 is 1.64 bits per heavy atom. The van der Waals surface area contributed by atoms with Gasteiger partial charge < -0.3 is 4.90 Å². The normalized spacial score (nSPS) is 11.3. The van der Waals surface area contributed by atoms with E-state index in [0.29, 0.717) is 5.56 Å². The van der Waals surface area contributed by atoms with Crippen LogP contribution in [0.5, 0.6) is 0 Å². The predicted molar refractivity (Wildman–Crippen MR) is 78.4 cm³/mol. The fourth-order valence-corrected chi connectivity index (χ4v) is 2.28. The monoisotopic (exact) mass is 307 g/mol. The van der Waals surface area contributed by atoms with E-state index in [1.165, 1.54) is 30.1 Å². The molecule has 0 atom stereocenters. The molecule has 0 N–H and O–H groups in total. The molecule has 2 aromatic carbocycles. The van der Waals surface area contributed by atoms with Gasteiger partial charge in [0.25, 0.3) is 5.91 Å². The van der Waals surface area contributed by atoms with Crippen LogP contribution in [0.2, 0.25) is 0 Å². The summed E-state index contributed by atoms with van der Waals surface area (Å²) in [7, 11) is 1.50. The van der Waals surface area contributed by atoms with E-state index in [1.54, 1.807) is 25.1 Å². The number of nitrogens with zero attached hydrogens (tertiary/aromatic N) is 1. The van der Waals surface area contributed by atoms with Crippen LogP contribution < -0.4 is 0 Å². The molecule has 0 aliphatic carbocycles. The van der Waals surface area contributed by atoms with Gasteiger partial charge in [0.15, 0.2) is 0 Å². The maximum atomic E-state index is 13.0. The van der Waals surface area contributed by atoms with Gasteiger partial charge in [-0.2, -0.15) is 13.2 Å². The molecule has 0 aliphatic rings. The molecule has 0 saturated carbocycles. The van der Waals surface area contributed by atoms with Gasteiger partial charge in [0.2, 0.25) is 0 Å². The van der Waals surface area contributed by atoms with Crippen LogP contribution in [-0.2, 0) is 12.7 Å². The summed E-state index contributed by atoms with van der Waals surface area (Å²) in [6.07, 6.45) is -4.43. The average molecular weight is 307 g/mol. The molecule has 0 aliphatic heterocycles. The SMILES string of the molecule is Cc1ccccc1C(=O)N(C)Cc1ccccc1C(F)(F)F. The van der Waals surface area contributed by atoms with Crippen LogP contribution in [0.1, 0.15) is 27.0 Å². The van der Waals surface area contributed by atoms with E-state index < -0.39 is 11.7 Å². The molecule has 1 amide bonds. The Hall–Kier alpha value is -2.30. The molecular formula is C17H16F3NO. The van der Waals surface area contributed by atoms with Crippen LogP contribution >= 0.6 is 0 Å². The smallest absolute Gasteiger partial charge is 0.337 e. The number of carbonyl (C=O) groups excluding carboxylic acids is 1. The molecule has 22 heavy (non-hydrogen) atoms. The zero-order valence-corrected chi connectivity index (χ0v) is 12.3. The number of alkyl halides is 3. The van der Waals surface area contributed by atoms with E-state index in [1.807, 2.05) is 6.07 Å². The number of carbonyl (C=O) groups is 1. The Balaban J connectivity index is 2.25. The zero-order valence-electron chi connectivity index (χ0n) is 12.3. The lowest BCUT2D eigenvalue weighted by atomic mass is 10.1. The molecule has 0 unspecified atom stereocenters. The zero-order chi connectivity index (χ0) is 16.3. The summed E-state index contributed by atoms with van der Waals surface area (Å²) in [4.78, 5) is 13.7. The second kappa shape index (κ2) is 6.22. The minimum Gasteiger partial charge on any atom is -0.337 e. The number of aryl methyl sites for hydroxylation is 1. The van der Waals surface area contributed by atoms with E-state index in [0.717, 1.165) is 11.6 Å². The highest BCUT2D eigenvalue weighted by Gasteiger charge is 2.33. The van der Waals surface area contributed by atoms with Gasteiger partial charge in [0.1, 0.15) is 0 Å². The molecule has 116 valence electrons. The second-order valence-electron chi connectivity index (χ2n) is 5.13. The topological polar surface area (TPSA) is 20.3 Å². The molecule has 0 bridgehead atoms. The van der Waals surface area contributed by atoms with Crippen LogP contribution in [0.4, 0.5) is 13.2 Å². The molecule has 0 radical (unpaired) electrons. The third-order valence-electron chi connectivity index (χ3n) is 3.45. The Kier molecular flexibility index (Phi) is 4.54. The van der Waals surface area contributed by atoms with E-state index in [4.69, 9.17) is 0 Å². The lowest BCUT2D eigenvalue weighted by Gasteiger charge is -2.21. The first-order valence-corrected chi connectivity index (χ1v) is 6.77. The van der Waals surface area contributed by atoms with E-state index in [2.05, 4.69) is 0 Å². The molecule has 2 aromatic rings. The van der Waals surface area contributed by atoms with Gasteiger partial charge >= 0.3 is 6.18 Å². The molecule has 2 rings (SSSR count). The van der Waals surface area contributed by atoms with Gasteiger partial charge in [0.05, 0.1) is 5.56 Å². The summed E-state index contributed by atoms with van der Waals surface area (Å²) in [6.45, 7) is 1.70. The van der Waals surface area contributed by atoms with Crippen molar-refractivity contribution in [1.29, 1.82) is 0 Å². The number of benzene rings is 2. The van der Waals surface area contributed by atoms with Crippen molar-refractivity contribution in [2.45, 2.75) is 19.6 Å². The van der Waals surface area contributed by atoms with Crippen LogP contribution in [0.3, 0.4) is 0 Å². The maximum Gasteiger partial charge on any atom is 0.416 e. The molecule has 0 aromatic heterocycles. The summed E-state index contributed by atoms with van der Waals surface area (Å²) >= 11 is 0. The number of hydrogen-bond donors (Lipinski definition) is 0. The van der Waals surface area contributed by atoms with Crippen molar-refractivity contribution in [3.63, 3.8) is 0 Å². The lowest BCUT2D eigenvalue weighted by Crippen LogP contribution is -2.28. The number of halogens is 3. The lowest BCUT2D eigenvalue weighted by molar-refractivity contribution is -0.138. The molecule has 0 spiro atoms. The Morgan fingerprint density at radius 3 is 2.27 bits per heavy atom. The molecule has 0 heterocycles. The highest BCUT2D eigenvalue weighted by Crippen LogP contribution is 2.32. The van der Waals surface area contributed by atoms with E-state index in [-0.39, 0.29) is 18.0 Å². The highest BCUT2D eigenvalue weighted by molar-refractivity contribution is 5.95. The van der Waals surface area contributed by atoms with Crippen molar-refractivity contribution in [2.75, 3.05) is 7.05 Å². The largest absolute Gasteiger partial charge is 0.416 e. The molecular weight excluding hydrogens is 291 g/mol. The van der Waals surface area contributed by atoms with Crippen molar-refractivity contribution >= 4 is 5.91 Å². The fourth-order valence-electron chi connectivity index (χ4n) is 2.28. The number of amides is 1. The minimum atomic E-state index is -4.43. The number of rotatable bonds is 3. The first kappa shape index (κ1) is 16.1. The summed E-state index contributed by atoms with van der Waals surface area (Å²) in [6, 6.07) is 12.3. The molecule has 2 nitrogen and oxygen atoms in total. The van der Waals surface area contributed by atoms with Crippen LogP contribution in [-0.4, -0.2) is 17.9 Å². The summed E-state index contributed by atoms with van der Waals surface area (Å²) in [5, 5.41) is 0. The first-order chi connectivity index (χ1) is 10.3. The molecule has 0 fully saturated rings. The van der Waals surface area contributed by atoms with Crippen LogP contribution in [0.15, 0.2) is 48.5 Å². The summed E-state index contributed by atoms with van der Waals surface area (Å²) in [5.41, 5.74) is 0.664.